The van der Waals surface area contributed by atoms with Crippen molar-refractivity contribution in [1.29, 1.82) is 0 Å². The van der Waals surface area contributed by atoms with Gasteiger partial charge in [0.05, 0.1) is 4.47 Å². The summed E-state index contributed by atoms with van der Waals surface area (Å²) in [5.74, 6) is -1.35. The Morgan fingerprint density at radius 3 is 2.58 bits per heavy atom. The maximum Gasteiger partial charge on any atom is 0.168 e. The van der Waals surface area contributed by atoms with Crippen LogP contribution in [0, 0.1) is 18.2 Å². The number of benzene rings is 1. The molecule has 12 heavy (non-hydrogen) atoms. The summed E-state index contributed by atoms with van der Waals surface area (Å²) in [6, 6.07) is 2.01. The molecule has 1 nitrogen and oxygen atoms in total. The second-order valence-electron chi connectivity index (χ2n) is 2.05. The Morgan fingerprint density at radius 2 is 2.00 bits per heavy atom. The number of ether oxygens (including phenoxy) is 1. The molecule has 1 rings (SSSR count). The molecular weight excluding hydrogens is 230 g/mol. The predicted molar refractivity (Wildman–Crippen MR) is 44.7 cm³/mol. The first kappa shape index (κ1) is 9.45. The number of hydrogen-bond donors (Lipinski definition) is 0. The normalized spacial score (nSPS) is 10.0. The molecule has 65 valence electrons. The van der Waals surface area contributed by atoms with Gasteiger partial charge in [0.15, 0.2) is 11.6 Å². The summed E-state index contributed by atoms with van der Waals surface area (Å²) in [6.45, 7) is 2.93. The zero-order valence-corrected chi connectivity index (χ0v) is 7.86. The molecule has 0 atom stereocenters. The van der Waals surface area contributed by atoms with Crippen molar-refractivity contribution in [2.45, 2.75) is 6.92 Å². The molecule has 0 aliphatic rings. The molecule has 0 aromatic heterocycles. The fourth-order valence-electron chi connectivity index (χ4n) is 0.722. The van der Waals surface area contributed by atoms with Crippen LogP contribution in [0.1, 0.15) is 6.92 Å². The third-order valence-corrected chi connectivity index (χ3v) is 1.83. The zero-order chi connectivity index (χ0) is 9.14. The van der Waals surface area contributed by atoms with E-state index >= 15 is 0 Å². The molecule has 0 unspecified atom stereocenters. The molecule has 0 saturated heterocycles. The summed E-state index contributed by atoms with van der Waals surface area (Å²) < 4.78 is 30.4. The summed E-state index contributed by atoms with van der Waals surface area (Å²) in [4.78, 5) is 0. The summed E-state index contributed by atoms with van der Waals surface area (Å²) >= 11 is 2.91. The van der Waals surface area contributed by atoms with Crippen LogP contribution in [0.4, 0.5) is 8.78 Å². The van der Waals surface area contributed by atoms with Crippen molar-refractivity contribution < 1.29 is 13.5 Å². The van der Waals surface area contributed by atoms with E-state index < -0.39 is 11.6 Å². The molecule has 0 spiro atoms. The molecule has 0 aliphatic heterocycles. The third kappa shape index (κ3) is 1.94. The van der Waals surface area contributed by atoms with Gasteiger partial charge in [0, 0.05) is 12.1 Å². The Bertz CT molecular complexity index is 289. The van der Waals surface area contributed by atoms with Crippen LogP contribution < -0.4 is 4.74 Å². The third-order valence-electron chi connectivity index (χ3n) is 1.22. The van der Waals surface area contributed by atoms with E-state index in [9.17, 15) is 8.78 Å². The van der Waals surface area contributed by atoms with Gasteiger partial charge in [0.2, 0.25) is 0 Å². The Kier molecular flexibility index (Phi) is 3.03. The molecule has 0 N–H and O–H groups in total. The molecule has 4 heteroatoms. The molecule has 0 fully saturated rings. The highest BCUT2D eigenvalue weighted by atomic mass is 79.9. The quantitative estimate of drug-likeness (QED) is 0.716. The maximum absolute atomic E-state index is 12.8. The van der Waals surface area contributed by atoms with E-state index in [0.29, 0.717) is 0 Å². The van der Waals surface area contributed by atoms with Gasteiger partial charge in [0.25, 0.3) is 0 Å². The van der Waals surface area contributed by atoms with Crippen LogP contribution >= 0.6 is 15.9 Å². The maximum atomic E-state index is 12.8. The summed E-state index contributed by atoms with van der Waals surface area (Å²) in [5.41, 5.74) is 0. The van der Waals surface area contributed by atoms with Crippen molar-refractivity contribution in [2.24, 2.45) is 0 Å². The van der Waals surface area contributed by atoms with Crippen LogP contribution in [0.15, 0.2) is 16.6 Å². The first-order valence-corrected chi connectivity index (χ1v) is 4.03. The lowest BCUT2D eigenvalue weighted by Gasteiger charge is -2.04. The molecule has 1 aromatic carbocycles. The molecule has 0 heterocycles. The van der Waals surface area contributed by atoms with E-state index in [2.05, 4.69) is 15.9 Å². The van der Waals surface area contributed by atoms with Crippen LogP contribution in [-0.2, 0) is 0 Å². The lowest BCUT2D eigenvalue weighted by Crippen LogP contribution is -1.91. The summed E-state index contributed by atoms with van der Waals surface area (Å²) in [7, 11) is 0. The van der Waals surface area contributed by atoms with E-state index in [-0.39, 0.29) is 10.2 Å². The van der Waals surface area contributed by atoms with Crippen LogP contribution in [-0.4, -0.2) is 0 Å². The Labute approximate surface area is 77.5 Å². The van der Waals surface area contributed by atoms with Crippen LogP contribution in [0.5, 0.6) is 5.75 Å². The highest BCUT2D eigenvalue weighted by Gasteiger charge is 2.08. The van der Waals surface area contributed by atoms with E-state index in [1.54, 1.807) is 6.92 Å². The van der Waals surface area contributed by atoms with E-state index in [1.807, 2.05) is 0 Å². The highest BCUT2D eigenvalue weighted by molar-refractivity contribution is 9.10. The van der Waals surface area contributed by atoms with Gasteiger partial charge in [-0.25, -0.2) is 8.78 Å². The van der Waals surface area contributed by atoms with Gasteiger partial charge in [0.1, 0.15) is 12.4 Å². The van der Waals surface area contributed by atoms with Crippen molar-refractivity contribution in [3.63, 3.8) is 0 Å². The van der Waals surface area contributed by atoms with Gasteiger partial charge in [-0.05, 0) is 22.9 Å². The average molecular weight is 236 g/mol. The minimum Gasteiger partial charge on any atom is -0.484 e. The Balaban J connectivity index is 3.05. The van der Waals surface area contributed by atoms with E-state index in [0.717, 1.165) is 6.07 Å². The fraction of sp³-hybridized carbons (Fsp3) is 0.125. The first-order valence-electron chi connectivity index (χ1n) is 3.24. The molecule has 1 radical (unpaired) electrons. The van der Waals surface area contributed by atoms with Crippen molar-refractivity contribution in [3.8, 4) is 5.75 Å². The topological polar surface area (TPSA) is 9.23 Å². The van der Waals surface area contributed by atoms with Crippen molar-refractivity contribution >= 4 is 15.9 Å². The van der Waals surface area contributed by atoms with Crippen molar-refractivity contribution in [3.05, 3.63) is 34.8 Å². The molecule has 0 bridgehead atoms. The van der Waals surface area contributed by atoms with E-state index in [4.69, 9.17) is 4.74 Å². The Morgan fingerprint density at radius 1 is 1.33 bits per heavy atom. The van der Waals surface area contributed by atoms with Gasteiger partial charge in [-0.2, -0.15) is 0 Å². The van der Waals surface area contributed by atoms with Crippen LogP contribution in [0.25, 0.3) is 0 Å². The highest BCUT2D eigenvalue weighted by Crippen LogP contribution is 2.25. The number of hydrogen-bond acceptors (Lipinski definition) is 1. The minimum absolute atomic E-state index is 0.00535. The molecule has 0 aliphatic carbocycles. The SMILES string of the molecule is C[CH]Oc1cc(Br)c(F)cc1F. The van der Waals surface area contributed by atoms with Gasteiger partial charge in [-0.1, -0.05) is 0 Å². The molecule has 1 aromatic rings. The standard InChI is InChI=1S/C8H6BrF2O/c1-2-12-8-3-5(9)6(10)4-7(8)11/h2-4H,1H3. The van der Waals surface area contributed by atoms with E-state index in [1.165, 1.54) is 12.7 Å². The molecule has 0 saturated carbocycles. The van der Waals surface area contributed by atoms with Crippen molar-refractivity contribution in [2.75, 3.05) is 0 Å². The largest absolute Gasteiger partial charge is 0.484 e. The Hall–Kier alpha value is -0.640. The smallest absolute Gasteiger partial charge is 0.168 e. The van der Waals surface area contributed by atoms with Gasteiger partial charge in [-0.15, -0.1) is 0 Å². The van der Waals surface area contributed by atoms with Crippen LogP contribution in [0.3, 0.4) is 0 Å². The minimum atomic E-state index is -0.714. The first-order chi connectivity index (χ1) is 5.65. The van der Waals surface area contributed by atoms with Crippen molar-refractivity contribution in [1.82, 2.24) is 0 Å². The molecule has 0 amide bonds. The fourth-order valence-corrected chi connectivity index (χ4v) is 1.04. The zero-order valence-electron chi connectivity index (χ0n) is 6.27. The number of halogens is 3. The summed E-state index contributed by atoms with van der Waals surface area (Å²) in [6.07, 6.45) is 0. The lowest BCUT2D eigenvalue weighted by atomic mass is 10.3. The second-order valence-corrected chi connectivity index (χ2v) is 2.90. The summed E-state index contributed by atoms with van der Waals surface area (Å²) in [5, 5.41) is 0. The van der Waals surface area contributed by atoms with Gasteiger partial charge >= 0.3 is 0 Å². The predicted octanol–water partition coefficient (Wildman–Crippen LogP) is 3.29. The number of rotatable bonds is 2. The average Bonchev–Trinajstić information content (AvgIpc) is 2.01. The monoisotopic (exact) mass is 235 g/mol. The van der Waals surface area contributed by atoms with Crippen LogP contribution in [0.2, 0.25) is 0 Å². The lowest BCUT2D eigenvalue weighted by molar-refractivity contribution is 0.385. The molecular formula is C8H6BrF2O. The van der Waals surface area contributed by atoms with Gasteiger partial charge in [-0.3, -0.25) is 0 Å². The second kappa shape index (κ2) is 3.85. The van der Waals surface area contributed by atoms with Gasteiger partial charge < -0.3 is 4.74 Å².